The van der Waals surface area contributed by atoms with E-state index in [-0.39, 0.29) is 17.9 Å². The average Bonchev–Trinajstić information content (AvgIpc) is 3.16. The summed E-state index contributed by atoms with van der Waals surface area (Å²) in [7, 11) is 0. The summed E-state index contributed by atoms with van der Waals surface area (Å²) in [6.07, 6.45) is 14.2. The molecule has 1 aliphatic heterocycles. The highest BCUT2D eigenvalue weighted by molar-refractivity contribution is 6.30. The van der Waals surface area contributed by atoms with Gasteiger partial charge in [-0.15, -0.1) is 0 Å². The van der Waals surface area contributed by atoms with E-state index >= 15 is 0 Å². The number of nitroso groups, excluding NO2 is 1. The molecule has 2 unspecified atom stereocenters. The Balaban J connectivity index is 2.33. The molecule has 1 aliphatic carbocycles. The second kappa shape index (κ2) is 13.9. The number of nitrogens with zero attached hydrogens (tertiary/aromatic N) is 3. The van der Waals surface area contributed by atoms with Crippen LogP contribution < -0.4 is 0 Å². The first-order valence-corrected chi connectivity index (χ1v) is 12.8. The molecule has 1 saturated heterocycles. The fourth-order valence-corrected chi connectivity index (χ4v) is 4.81. The van der Waals surface area contributed by atoms with Crippen LogP contribution in [-0.4, -0.2) is 43.5 Å². The maximum atomic E-state index is 11.2. The highest BCUT2D eigenvalue weighted by atomic mass is 35.5. The van der Waals surface area contributed by atoms with Crippen LogP contribution >= 0.6 is 11.6 Å². The minimum Gasteiger partial charge on any atom is -0.381 e. The highest BCUT2D eigenvalue weighted by Gasteiger charge is 2.27. The normalized spacial score (nSPS) is 23.6. The second-order valence-electron chi connectivity index (χ2n) is 9.50. The van der Waals surface area contributed by atoms with E-state index in [0.717, 1.165) is 86.1 Å². The standard InChI is InChI=1S/C27H42ClN3O2/c1-6-23(20-29-32)26(30-22(4)21(3)24-12-9-8-10-13-25(24)28)31(7-2)17-15-27(5)14-11-18-33-19-16-27/h8-10,12,21H,6-7,11,13-20H2,1-5H3/b26-23-,30-22-. The fourth-order valence-electron chi connectivity index (χ4n) is 4.49. The first kappa shape index (κ1) is 27.5. The van der Waals surface area contributed by atoms with Crippen molar-refractivity contribution >= 4 is 17.3 Å². The molecule has 5 nitrogen and oxygen atoms in total. The van der Waals surface area contributed by atoms with E-state index < -0.39 is 0 Å². The van der Waals surface area contributed by atoms with Gasteiger partial charge in [0.15, 0.2) is 0 Å². The van der Waals surface area contributed by atoms with Crippen LogP contribution in [0.25, 0.3) is 0 Å². The van der Waals surface area contributed by atoms with E-state index in [1.807, 2.05) is 12.2 Å². The molecule has 2 rings (SSSR count). The molecule has 0 N–H and O–H groups in total. The van der Waals surface area contributed by atoms with Crippen LogP contribution in [0.15, 0.2) is 56.5 Å². The Labute approximate surface area is 205 Å². The van der Waals surface area contributed by atoms with Crippen LogP contribution in [0.3, 0.4) is 0 Å². The van der Waals surface area contributed by atoms with Gasteiger partial charge < -0.3 is 9.64 Å². The van der Waals surface area contributed by atoms with Crippen LogP contribution in [0.2, 0.25) is 0 Å². The molecule has 0 aromatic carbocycles. The van der Waals surface area contributed by atoms with E-state index in [0.29, 0.717) is 0 Å². The molecule has 0 amide bonds. The predicted molar refractivity (Wildman–Crippen MR) is 141 cm³/mol. The summed E-state index contributed by atoms with van der Waals surface area (Å²) in [4.78, 5) is 18.7. The molecule has 0 aromatic heterocycles. The molecule has 6 heteroatoms. The van der Waals surface area contributed by atoms with Crippen molar-refractivity contribution in [3.05, 3.63) is 51.2 Å². The molecule has 184 valence electrons. The Bertz CT molecular complexity index is 802. The lowest BCUT2D eigenvalue weighted by Gasteiger charge is -2.33. The molecule has 2 atom stereocenters. The first-order chi connectivity index (χ1) is 15.8. The van der Waals surface area contributed by atoms with Gasteiger partial charge in [0, 0.05) is 49.4 Å². The first-order valence-electron chi connectivity index (χ1n) is 12.5. The monoisotopic (exact) mass is 475 g/mol. The van der Waals surface area contributed by atoms with Crippen LogP contribution in [0.1, 0.15) is 73.1 Å². The molecule has 0 aromatic rings. The molecule has 0 bridgehead atoms. The molecule has 1 heterocycles. The van der Waals surface area contributed by atoms with Gasteiger partial charge in [0.05, 0.1) is 0 Å². The van der Waals surface area contributed by atoms with Gasteiger partial charge in [-0.2, -0.15) is 4.91 Å². The maximum absolute atomic E-state index is 11.2. The predicted octanol–water partition coefficient (Wildman–Crippen LogP) is 7.40. The zero-order chi connectivity index (χ0) is 24.3. The van der Waals surface area contributed by atoms with Crippen molar-refractivity contribution in [2.24, 2.45) is 21.5 Å². The smallest absolute Gasteiger partial charge is 0.129 e. The van der Waals surface area contributed by atoms with Gasteiger partial charge in [0.1, 0.15) is 12.4 Å². The molecular weight excluding hydrogens is 434 g/mol. The fraction of sp³-hybridized carbons (Fsp3) is 0.667. The molecule has 2 aliphatic rings. The van der Waals surface area contributed by atoms with Gasteiger partial charge in [0.2, 0.25) is 0 Å². The number of aliphatic imine (C=N–C) groups is 1. The van der Waals surface area contributed by atoms with Crippen molar-refractivity contribution in [1.29, 1.82) is 0 Å². The lowest BCUT2D eigenvalue weighted by Crippen LogP contribution is -2.30. The Hall–Kier alpha value is -1.72. The summed E-state index contributed by atoms with van der Waals surface area (Å²) >= 11 is 6.59. The number of ether oxygens (including phenoxy) is 1. The third kappa shape index (κ3) is 8.22. The van der Waals surface area contributed by atoms with Crippen molar-refractivity contribution in [1.82, 2.24) is 4.90 Å². The van der Waals surface area contributed by atoms with Crippen LogP contribution in [0, 0.1) is 16.2 Å². The van der Waals surface area contributed by atoms with Crippen molar-refractivity contribution < 1.29 is 4.74 Å². The molecule has 1 fully saturated rings. The van der Waals surface area contributed by atoms with Crippen molar-refractivity contribution in [3.63, 3.8) is 0 Å². The number of allylic oxidation sites excluding steroid dienone is 6. The Morgan fingerprint density at radius 2 is 2.06 bits per heavy atom. The third-order valence-electron chi connectivity index (χ3n) is 7.09. The van der Waals surface area contributed by atoms with E-state index in [1.165, 1.54) is 6.42 Å². The van der Waals surface area contributed by atoms with Gasteiger partial charge >= 0.3 is 0 Å². The molecule has 0 spiro atoms. The van der Waals surface area contributed by atoms with E-state index in [2.05, 4.69) is 56.8 Å². The van der Waals surface area contributed by atoms with Crippen molar-refractivity contribution in [2.45, 2.75) is 73.1 Å². The highest BCUT2D eigenvalue weighted by Crippen LogP contribution is 2.35. The largest absolute Gasteiger partial charge is 0.381 e. The topological polar surface area (TPSA) is 54.3 Å². The SMILES string of the molecule is CC/C(CN=O)=C(\N=C(\C)C(C)C1=C(Cl)CC=CC=C1)N(CC)CCC1(C)CCCOCC1. The zero-order valence-electron chi connectivity index (χ0n) is 21.2. The van der Waals surface area contributed by atoms with Gasteiger partial charge in [0.25, 0.3) is 0 Å². The Morgan fingerprint density at radius 3 is 2.76 bits per heavy atom. The summed E-state index contributed by atoms with van der Waals surface area (Å²) < 4.78 is 5.70. The summed E-state index contributed by atoms with van der Waals surface area (Å²) in [5, 5.41) is 4.07. The molecular formula is C27H42ClN3O2. The number of rotatable bonds is 11. The third-order valence-corrected chi connectivity index (χ3v) is 7.47. The molecule has 33 heavy (non-hydrogen) atoms. The lowest BCUT2D eigenvalue weighted by atomic mass is 9.79. The summed E-state index contributed by atoms with van der Waals surface area (Å²) in [5.74, 6) is 0.992. The number of hydrogen-bond donors (Lipinski definition) is 0. The summed E-state index contributed by atoms with van der Waals surface area (Å²) in [6, 6.07) is 0. The number of halogens is 1. The minimum absolute atomic E-state index is 0.0844. The second-order valence-corrected chi connectivity index (χ2v) is 9.96. The molecule has 0 radical (unpaired) electrons. The van der Waals surface area contributed by atoms with E-state index in [4.69, 9.17) is 21.3 Å². The zero-order valence-corrected chi connectivity index (χ0v) is 22.0. The average molecular weight is 476 g/mol. The quantitative estimate of drug-likeness (QED) is 0.231. The van der Waals surface area contributed by atoms with Crippen molar-refractivity contribution in [3.8, 4) is 0 Å². The van der Waals surface area contributed by atoms with Crippen LogP contribution in [0.4, 0.5) is 0 Å². The minimum atomic E-state index is 0.0844. The van der Waals surface area contributed by atoms with Crippen molar-refractivity contribution in [2.75, 3.05) is 32.8 Å². The van der Waals surface area contributed by atoms with Gasteiger partial charge in [-0.1, -0.05) is 61.9 Å². The van der Waals surface area contributed by atoms with Crippen LogP contribution in [-0.2, 0) is 4.74 Å². The maximum Gasteiger partial charge on any atom is 0.129 e. The Morgan fingerprint density at radius 1 is 1.27 bits per heavy atom. The van der Waals surface area contributed by atoms with Gasteiger partial charge in [-0.25, -0.2) is 4.99 Å². The number of hydrogen-bond acceptors (Lipinski definition) is 5. The van der Waals surface area contributed by atoms with Crippen LogP contribution in [0.5, 0.6) is 0 Å². The van der Waals surface area contributed by atoms with Gasteiger partial charge in [-0.3, -0.25) is 0 Å². The lowest BCUT2D eigenvalue weighted by molar-refractivity contribution is 0.129. The van der Waals surface area contributed by atoms with Gasteiger partial charge in [-0.05, 0) is 62.5 Å². The molecule has 0 saturated carbocycles. The van der Waals surface area contributed by atoms with E-state index in [1.54, 1.807) is 0 Å². The Kier molecular flexibility index (Phi) is 11.6. The summed E-state index contributed by atoms with van der Waals surface area (Å²) in [5.41, 5.74) is 3.36. The summed E-state index contributed by atoms with van der Waals surface area (Å²) in [6.45, 7) is 14.4. The van der Waals surface area contributed by atoms with E-state index in [9.17, 15) is 4.91 Å².